The first-order chi connectivity index (χ1) is 12.3. The molecule has 2 aromatic carbocycles. The smallest absolute Gasteiger partial charge is 0.250 e. The molecule has 5 nitrogen and oxygen atoms in total. The molecule has 0 saturated carbocycles. The number of aryl methyl sites for hydroxylation is 1. The number of benzene rings is 2. The van der Waals surface area contributed by atoms with Gasteiger partial charge in [-0.2, -0.15) is 0 Å². The number of amides is 1. The first-order valence-corrected chi connectivity index (χ1v) is 10.4. The van der Waals surface area contributed by atoms with Crippen LogP contribution in [0, 0.1) is 0 Å². The second-order valence-corrected chi connectivity index (χ2v) is 8.38. The van der Waals surface area contributed by atoms with Crippen molar-refractivity contribution in [3.05, 3.63) is 64.7 Å². The maximum absolute atomic E-state index is 12.6. The van der Waals surface area contributed by atoms with Crippen molar-refractivity contribution < 1.29 is 13.2 Å². The summed E-state index contributed by atoms with van der Waals surface area (Å²) < 4.78 is 24.8. The Bertz CT molecular complexity index is 953. The molecule has 0 unspecified atom stereocenters. The van der Waals surface area contributed by atoms with Gasteiger partial charge in [-0.15, -0.1) is 0 Å². The maximum atomic E-state index is 12.6. The number of hydrogen-bond donors (Lipinski definition) is 1. The van der Waals surface area contributed by atoms with Crippen molar-refractivity contribution >= 4 is 45.0 Å². The lowest BCUT2D eigenvalue weighted by molar-refractivity contribution is -0.114. The molecule has 2 aromatic rings. The predicted molar refractivity (Wildman–Crippen MR) is 106 cm³/mol. The fourth-order valence-electron chi connectivity index (χ4n) is 2.93. The molecule has 0 aliphatic carbocycles. The van der Waals surface area contributed by atoms with E-state index in [1.54, 1.807) is 41.3 Å². The van der Waals surface area contributed by atoms with Crippen LogP contribution < -0.4 is 9.62 Å². The van der Waals surface area contributed by atoms with Gasteiger partial charge >= 0.3 is 0 Å². The normalized spacial score (nSPS) is 14.3. The number of fused-ring (bicyclic) bond motifs is 1. The fraction of sp³-hybridized carbons (Fsp3) is 0.211. The molecule has 1 N–H and O–H groups in total. The molecule has 0 radical (unpaired) electrons. The molecule has 0 aromatic heterocycles. The number of rotatable bonds is 4. The molecule has 0 bridgehead atoms. The lowest BCUT2D eigenvalue weighted by Gasteiger charge is -2.28. The Morgan fingerprint density at radius 3 is 2.62 bits per heavy atom. The topological polar surface area (TPSA) is 66.5 Å². The fourth-order valence-corrected chi connectivity index (χ4v) is 3.69. The van der Waals surface area contributed by atoms with Gasteiger partial charge in [0.1, 0.15) is 0 Å². The van der Waals surface area contributed by atoms with Gasteiger partial charge in [-0.3, -0.25) is 9.52 Å². The average Bonchev–Trinajstić information content (AvgIpc) is 2.58. The zero-order chi connectivity index (χ0) is 18.7. The highest BCUT2D eigenvalue weighted by Crippen LogP contribution is 2.29. The van der Waals surface area contributed by atoms with Crippen molar-refractivity contribution in [1.29, 1.82) is 0 Å². The van der Waals surface area contributed by atoms with E-state index >= 15 is 0 Å². The van der Waals surface area contributed by atoms with E-state index in [0.29, 0.717) is 17.3 Å². The van der Waals surface area contributed by atoms with Crippen LogP contribution in [0.25, 0.3) is 6.08 Å². The van der Waals surface area contributed by atoms with E-state index in [1.807, 2.05) is 12.1 Å². The predicted octanol–water partition coefficient (Wildman–Crippen LogP) is 3.70. The van der Waals surface area contributed by atoms with Crippen molar-refractivity contribution in [2.24, 2.45) is 0 Å². The summed E-state index contributed by atoms with van der Waals surface area (Å²) in [6.45, 7) is 0.676. The molecular formula is C19H19ClN2O3S. The van der Waals surface area contributed by atoms with Gasteiger partial charge < -0.3 is 4.90 Å². The molecule has 0 fully saturated rings. The lowest BCUT2D eigenvalue weighted by Crippen LogP contribution is -2.34. The molecule has 26 heavy (non-hydrogen) atoms. The molecule has 1 heterocycles. The van der Waals surface area contributed by atoms with Crippen LogP contribution >= 0.6 is 11.6 Å². The zero-order valence-electron chi connectivity index (χ0n) is 14.3. The van der Waals surface area contributed by atoms with Gasteiger partial charge in [0.25, 0.3) is 5.91 Å². The highest BCUT2D eigenvalue weighted by atomic mass is 35.5. The van der Waals surface area contributed by atoms with E-state index in [0.717, 1.165) is 35.9 Å². The summed E-state index contributed by atoms with van der Waals surface area (Å²) in [4.78, 5) is 14.3. The van der Waals surface area contributed by atoms with E-state index in [4.69, 9.17) is 11.6 Å². The van der Waals surface area contributed by atoms with Crippen molar-refractivity contribution in [2.45, 2.75) is 12.8 Å². The number of hydrogen-bond acceptors (Lipinski definition) is 3. The van der Waals surface area contributed by atoms with Gasteiger partial charge in [-0.25, -0.2) is 8.42 Å². The van der Waals surface area contributed by atoms with E-state index in [2.05, 4.69) is 4.72 Å². The summed E-state index contributed by atoms with van der Waals surface area (Å²) in [6.07, 6.45) is 6.17. The highest BCUT2D eigenvalue weighted by molar-refractivity contribution is 7.92. The monoisotopic (exact) mass is 390 g/mol. The Labute approximate surface area is 158 Å². The van der Waals surface area contributed by atoms with Crippen LogP contribution in [0.1, 0.15) is 17.5 Å². The third-order valence-electron chi connectivity index (χ3n) is 4.06. The van der Waals surface area contributed by atoms with Crippen molar-refractivity contribution in [3.63, 3.8) is 0 Å². The summed E-state index contributed by atoms with van der Waals surface area (Å²) in [5, 5.41) is 0.677. The Morgan fingerprint density at radius 1 is 1.19 bits per heavy atom. The third-order valence-corrected chi connectivity index (χ3v) is 4.90. The Morgan fingerprint density at radius 2 is 1.92 bits per heavy atom. The van der Waals surface area contributed by atoms with Gasteiger partial charge in [0.15, 0.2) is 0 Å². The van der Waals surface area contributed by atoms with Crippen LogP contribution in [0.3, 0.4) is 0 Å². The number of nitrogens with one attached hydrogen (secondary N) is 1. The van der Waals surface area contributed by atoms with Crippen LogP contribution in [-0.2, 0) is 21.2 Å². The van der Waals surface area contributed by atoms with Gasteiger partial charge in [0.05, 0.1) is 6.26 Å². The van der Waals surface area contributed by atoms with Gasteiger partial charge in [0, 0.05) is 29.0 Å². The van der Waals surface area contributed by atoms with Crippen LogP contribution in [0.2, 0.25) is 5.02 Å². The van der Waals surface area contributed by atoms with Gasteiger partial charge in [-0.1, -0.05) is 23.7 Å². The minimum Gasteiger partial charge on any atom is -0.309 e. The summed E-state index contributed by atoms with van der Waals surface area (Å²) in [7, 11) is -3.30. The zero-order valence-corrected chi connectivity index (χ0v) is 15.8. The molecule has 7 heteroatoms. The molecule has 1 amide bonds. The molecule has 0 atom stereocenters. The third kappa shape index (κ3) is 4.65. The molecule has 0 saturated heterocycles. The summed E-state index contributed by atoms with van der Waals surface area (Å²) >= 11 is 6.04. The number of anilines is 2. The molecular weight excluding hydrogens is 372 g/mol. The van der Waals surface area contributed by atoms with Crippen LogP contribution in [-0.4, -0.2) is 27.1 Å². The van der Waals surface area contributed by atoms with Crippen LogP contribution in [0.15, 0.2) is 48.5 Å². The SMILES string of the molecule is CS(=O)(=O)Nc1ccc(/C=C/C(=O)N2CCCc3cc(Cl)ccc32)cc1. The average molecular weight is 391 g/mol. The number of nitrogens with zero attached hydrogens (tertiary/aromatic N) is 1. The number of carbonyl (C=O) groups excluding carboxylic acids is 1. The van der Waals surface area contributed by atoms with Crippen molar-refractivity contribution in [3.8, 4) is 0 Å². The number of sulfonamides is 1. The first kappa shape index (κ1) is 18.5. The highest BCUT2D eigenvalue weighted by Gasteiger charge is 2.20. The summed E-state index contributed by atoms with van der Waals surface area (Å²) in [5.74, 6) is -0.0911. The second kappa shape index (κ2) is 7.51. The van der Waals surface area contributed by atoms with Gasteiger partial charge in [-0.05, 0) is 60.4 Å². The summed E-state index contributed by atoms with van der Waals surface area (Å²) in [6, 6.07) is 12.4. The maximum Gasteiger partial charge on any atom is 0.250 e. The summed E-state index contributed by atoms with van der Waals surface area (Å²) in [5.41, 5.74) is 3.29. The Hall–Kier alpha value is -2.31. The van der Waals surface area contributed by atoms with Crippen LogP contribution in [0.5, 0.6) is 0 Å². The Kier molecular flexibility index (Phi) is 5.34. The van der Waals surface area contributed by atoms with Gasteiger partial charge in [0.2, 0.25) is 10.0 Å². The molecule has 3 rings (SSSR count). The van der Waals surface area contributed by atoms with Crippen molar-refractivity contribution in [1.82, 2.24) is 0 Å². The van der Waals surface area contributed by atoms with E-state index < -0.39 is 10.0 Å². The first-order valence-electron chi connectivity index (χ1n) is 8.18. The van der Waals surface area contributed by atoms with E-state index in [-0.39, 0.29) is 5.91 Å². The molecule has 1 aliphatic rings. The van der Waals surface area contributed by atoms with Crippen molar-refractivity contribution in [2.75, 3.05) is 22.4 Å². The molecule has 136 valence electrons. The minimum atomic E-state index is -3.30. The number of carbonyl (C=O) groups is 1. The lowest BCUT2D eigenvalue weighted by atomic mass is 10.0. The largest absolute Gasteiger partial charge is 0.309 e. The Balaban J connectivity index is 1.72. The number of halogens is 1. The molecule has 1 aliphatic heterocycles. The van der Waals surface area contributed by atoms with Crippen LogP contribution in [0.4, 0.5) is 11.4 Å². The quantitative estimate of drug-likeness (QED) is 0.809. The molecule has 0 spiro atoms. The standard InChI is InChI=1S/C19H19ClN2O3S/c1-26(24,25)21-17-8-4-14(5-9-17)6-11-19(23)22-12-2-3-15-13-16(20)7-10-18(15)22/h4-11,13,21H,2-3,12H2,1H3/b11-6+. The van der Waals surface area contributed by atoms with E-state index in [9.17, 15) is 13.2 Å². The van der Waals surface area contributed by atoms with E-state index in [1.165, 1.54) is 6.08 Å². The minimum absolute atomic E-state index is 0.0911. The second-order valence-electron chi connectivity index (χ2n) is 6.20.